The molecule has 56 heavy (non-hydrogen) atoms. The second-order valence-electron chi connectivity index (χ2n) is 16.3. The molecule has 0 spiro atoms. The number of alkyl carbamates (subject to hydrolysis) is 1. The van der Waals surface area contributed by atoms with E-state index in [0.29, 0.717) is 6.42 Å². The van der Waals surface area contributed by atoms with E-state index in [9.17, 15) is 24.3 Å². The van der Waals surface area contributed by atoms with E-state index in [1.54, 1.807) is 49.5 Å². The Kier molecular flexibility index (Phi) is 13.7. The summed E-state index contributed by atoms with van der Waals surface area (Å²) in [4.78, 5) is 60.3. The molecule has 0 unspecified atom stereocenters. The molecule has 3 fully saturated rings. The van der Waals surface area contributed by atoms with Gasteiger partial charge in [0.2, 0.25) is 0 Å². The van der Waals surface area contributed by atoms with Crippen molar-refractivity contribution in [3.63, 3.8) is 0 Å². The fraction of sp³-hybridized carbons (Fsp3) is 0.659. The van der Waals surface area contributed by atoms with Crippen LogP contribution >= 0.6 is 22.7 Å². The number of halogens is 1. The van der Waals surface area contributed by atoms with Crippen LogP contribution in [0.4, 0.5) is 9.18 Å². The number of hydrogen-bond donors (Lipinski definition) is 2. The highest BCUT2D eigenvalue weighted by molar-refractivity contribution is 7.21. The lowest BCUT2D eigenvalue weighted by Crippen LogP contribution is -2.62. The molecule has 2 aromatic rings. The van der Waals surface area contributed by atoms with Gasteiger partial charge in [0.1, 0.15) is 18.1 Å². The second-order valence-corrected chi connectivity index (χ2v) is 18.4. The number of cyclic esters (lactones) is 1. The smallest absolute Gasteiger partial charge is 0.408 e. The van der Waals surface area contributed by atoms with Crippen LogP contribution in [0.3, 0.4) is 0 Å². The van der Waals surface area contributed by atoms with E-state index < -0.39 is 95.3 Å². The van der Waals surface area contributed by atoms with Crippen LogP contribution in [-0.2, 0) is 38.1 Å². The maximum Gasteiger partial charge on any atom is 0.408 e. The molecular formula is C41H57FN2O10S2. The number of aliphatic hydroxyl groups is 1. The number of amides is 1. The minimum Gasteiger partial charge on any atom is -0.458 e. The van der Waals surface area contributed by atoms with Crippen LogP contribution in [0.25, 0.3) is 15.8 Å². The quantitative estimate of drug-likeness (QED) is 0.213. The number of likely N-dealkylation sites (N-methyl/N-ethyl adjacent to an activating group) is 1. The number of aliphatic hydroxyl groups excluding tert-OH is 1. The van der Waals surface area contributed by atoms with E-state index in [4.69, 9.17) is 23.7 Å². The molecule has 310 valence electrons. The predicted octanol–water partition coefficient (Wildman–Crippen LogP) is 6.44. The SMILES string of the molecule is CC[C@H]1OC(=O)[C@H](C)C(=O)[C@H](C)[C@@H](O[C@@H]2O[C@H](C)C[C@H](N(C)C)[C@H]2O)[C@](C)(OC/C=C/c2ccc(-c3cccs3)s2)C[C@](C)(F)C(=O)[C@H](C)[C@@H]2NC(=O)O[C@]12C. The average Bonchev–Trinajstić information content (AvgIpc) is 3.91. The fourth-order valence-corrected chi connectivity index (χ4v) is 10.3. The third kappa shape index (κ3) is 9.14. The van der Waals surface area contributed by atoms with E-state index in [-0.39, 0.29) is 25.2 Å². The monoisotopic (exact) mass is 820 g/mol. The molecular weight excluding hydrogens is 764 g/mol. The Hall–Kier alpha value is -3.05. The van der Waals surface area contributed by atoms with Gasteiger partial charge in [-0.05, 0) is 91.2 Å². The molecule has 1 amide bonds. The summed E-state index contributed by atoms with van der Waals surface area (Å²) in [6.07, 6.45) is -2.33. The zero-order valence-corrected chi connectivity index (χ0v) is 35.5. The number of thiophene rings is 2. The number of alkyl halides is 1. The molecule has 12 nitrogen and oxygen atoms in total. The van der Waals surface area contributed by atoms with Crippen molar-refractivity contribution in [3.8, 4) is 9.75 Å². The molecule has 3 aliphatic rings. The Morgan fingerprint density at radius 2 is 1.77 bits per heavy atom. The zero-order chi connectivity index (χ0) is 41.3. The first kappa shape index (κ1) is 44.1. The highest BCUT2D eigenvalue weighted by Crippen LogP contribution is 2.43. The predicted molar refractivity (Wildman–Crippen MR) is 212 cm³/mol. The average molecular weight is 821 g/mol. The van der Waals surface area contributed by atoms with Crippen molar-refractivity contribution in [2.24, 2.45) is 17.8 Å². The van der Waals surface area contributed by atoms with Gasteiger partial charge in [0, 0.05) is 38.9 Å². The molecule has 3 aliphatic heterocycles. The summed E-state index contributed by atoms with van der Waals surface area (Å²) in [6, 6.07) is 6.60. The number of ketones is 2. The number of esters is 1. The van der Waals surface area contributed by atoms with Crippen LogP contribution in [0.1, 0.15) is 79.5 Å². The molecule has 2 aromatic heterocycles. The van der Waals surface area contributed by atoms with E-state index >= 15 is 4.39 Å². The van der Waals surface area contributed by atoms with Crippen LogP contribution in [0.15, 0.2) is 35.7 Å². The van der Waals surface area contributed by atoms with E-state index in [1.165, 1.54) is 20.8 Å². The Morgan fingerprint density at radius 1 is 1.05 bits per heavy atom. The number of fused-ring (bicyclic) bond motifs is 1. The van der Waals surface area contributed by atoms with Gasteiger partial charge in [-0.25, -0.2) is 9.18 Å². The van der Waals surface area contributed by atoms with Gasteiger partial charge >= 0.3 is 12.1 Å². The summed E-state index contributed by atoms with van der Waals surface area (Å²) in [5.41, 5.74) is -5.91. The van der Waals surface area contributed by atoms with Crippen molar-refractivity contribution in [2.75, 3.05) is 20.7 Å². The van der Waals surface area contributed by atoms with Crippen LogP contribution in [0.5, 0.6) is 0 Å². The molecule has 2 N–H and O–H groups in total. The lowest BCUT2D eigenvalue weighted by molar-refractivity contribution is -0.297. The van der Waals surface area contributed by atoms with Gasteiger partial charge in [-0.15, -0.1) is 22.7 Å². The van der Waals surface area contributed by atoms with Crippen LogP contribution in [0.2, 0.25) is 0 Å². The summed E-state index contributed by atoms with van der Waals surface area (Å²) in [5, 5.41) is 16.2. The topological polar surface area (TPSA) is 150 Å². The van der Waals surface area contributed by atoms with Crippen molar-refractivity contribution < 1.29 is 52.4 Å². The van der Waals surface area contributed by atoms with Gasteiger partial charge in [-0.2, -0.15) is 0 Å². The molecule has 3 saturated heterocycles. The minimum atomic E-state index is -2.61. The molecule has 5 heterocycles. The zero-order valence-electron chi connectivity index (χ0n) is 33.9. The summed E-state index contributed by atoms with van der Waals surface area (Å²) in [7, 11) is 3.66. The third-order valence-corrected chi connectivity index (χ3v) is 13.7. The molecule has 15 heteroatoms. The highest BCUT2D eigenvalue weighted by atomic mass is 32.1. The molecule has 13 atom stereocenters. The normalized spacial score (nSPS) is 38.9. The van der Waals surface area contributed by atoms with Crippen molar-refractivity contribution in [2.45, 2.75) is 134 Å². The fourth-order valence-electron chi connectivity index (χ4n) is 8.55. The van der Waals surface area contributed by atoms with E-state index in [1.807, 2.05) is 61.6 Å². The van der Waals surface area contributed by atoms with Gasteiger partial charge < -0.3 is 39.0 Å². The molecule has 0 aromatic carbocycles. The Balaban J connectivity index is 1.57. The number of nitrogens with zero attached hydrogens (tertiary/aromatic N) is 1. The van der Waals surface area contributed by atoms with Crippen LogP contribution in [-0.4, -0.2) is 114 Å². The maximum absolute atomic E-state index is 17.5. The summed E-state index contributed by atoms with van der Waals surface area (Å²) < 4.78 is 48.4. The number of carbonyl (C=O) groups is 4. The van der Waals surface area contributed by atoms with Crippen molar-refractivity contribution >= 4 is 52.4 Å². The first-order valence-electron chi connectivity index (χ1n) is 19.3. The largest absolute Gasteiger partial charge is 0.458 e. The van der Waals surface area contributed by atoms with Gasteiger partial charge in [0.15, 0.2) is 29.1 Å². The Morgan fingerprint density at radius 3 is 2.41 bits per heavy atom. The highest BCUT2D eigenvalue weighted by Gasteiger charge is 2.59. The number of ether oxygens (including phenoxy) is 5. The van der Waals surface area contributed by atoms with Crippen molar-refractivity contribution in [3.05, 3.63) is 40.6 Å². The standard InChI is InChI=1S/C41H57FN2O10S2/c1-11-30-41(8)33(43-38(49)54-41)25(5)34(47)39(6,42)21-40(7,50-18-12-14-26-16-17-29(56-26)28-15-13-19-55-28)35(23(3)31(45)24(4)36(48)52-30)53-37-32(46)27(44(9)10)20-22(2)51-37/h12-17,19,22-25,27,30,32-33,35,37,46H,11,18,20-21H2,1-10H3,(H,43,49)/b14-12+/t22-,23+,24-,25-,27+,30-,32-,33+,35-,37+,39+,40-,41-/m1/s1. The minimum absolute atomic E-state index is 0.0749. The summed E-state index contributed by atoms with van der Waals surface area (Å²) in [6.45, 7) is 12.2. The molecule has 0 bridgehead atoms. The number of hydrogen-bond acceptors (Lipinski definition) is 13. The van der Waals surface area contributed by atoms with E-state index in [0.717, 1.165) is 21.6 Å². The summed E-state index contributed by atoms with van der Waals surface area (Å²) >= 11 is 3.23. The first-order valence-corrected chi connectivity index (χ1v) is 21.0. The Labute approximate surface area is 337 Å². The molecule has 0 radical (unpaired) electrons. The molecule has 5 rings (SSSR count). The molecule has 0 aliphatic carbocycles. The molecule has 0 saturated carbocycles. The Bertz CT molecular complexity index is 1750. The number of Topliss-reactive ketones (excluding diaryl/α,β-unsaturated/α-hetero) is 2. The van der Waals surface area contributed by atoms with Crippen LogP contribution < -0.4 is 5.32 Å². The van der Waals surface area contributed by atoms with Crippen LogP contribution in [0, 0.1) is 17.8 Å². The number of nitrogens with one attached hydrogen (secondary N) is 1. The lowest BCUT2D eigenvalue weighted by Gasteiger charge is -2.48. The summed E-state index contributed by atoms with van der Waals surface area (Å²) in [5.74, 6) is -5.96. The van der Waals surface area contributed by atoms with Crippen molar-refractivity contribution in [1.29, 1.82) is 0 Å². The van der Waals surface area contributed by atoms with Gasteiger partial charge in [-0.3, -0.25) is 14.4 Å². The first-order chi connectivity index (χ1) is 26.2. The lowest BCUT2D eigenvalue weighted by atomic mass is 9.72. The van der Waals surface area contributed by atoms with E-state index in [2.05, 4.69) is 5.32 Å². The van der Waals surface area contributed by atoms with Gasteiger partial charge in [0.05, 0.1) is 30.5 Å². The van der Waals surface area contributed by atoms with Gasteiger partial charge in [-0.1, -0.05) is 32.9 Å². The number of carbonyl (C=O) groups excluding carboxylic acids is 4. The third-order valence-electron chi connectivity index (χ3n) is 11.6. The maximum atomic E-state index is 17.5. The number of rotatable bonds is 9. The second kappa shape index (κ2) is 17.4. The van der Waals surface area contributed by atoms with Crippen molar-refractivity contribution in [1.82, 2.24) is 10.2 Å². The van der Waals surface area contributed by atoms with Gasteiger partial charge in [0.25, 0.3) is 0 Å².